The van der Waals surface area contributed by atoms with E-state index in [0.717, 1.165) is 35.2 Å². The predicted molar refractivity (Wildman–Crippen MR) is 126 cm³/mol. The van der Waals surface area contributed by atoms with Crippen molar-refractivity contribution in [3.8, 4) is 0 Å². The van der Waals surface area contributed by atoms with Crippen molar-refractivity contribution < 1.29 is 14.3 Å². The van der Waals surface area contributed by atoms with Crippen molar-refractivity contribution in [2.45, 2.75) is 38.0 Å². The molecule has 1 fully saturated rings. The van der Waals surface area contributed by atoms with Crippen molar-refractivity contribution in [2.75, 3.05) is 18.9 Å². The molecule has 2 N–H and O–H groups in total. The number of hydrogen-bond acceptors (Lipinski definition) is 4. The van der Waals surface area contributed by atoms with Crippen LogP contribution in [0.4, 0.5) is 10.5 Å². The van der Waals surface area contributed by atoms with Crippen LogP contribution in [0, 0.1) is 0 Å². The molecule has 0 bridgehead atoms. The van der Waals surface area contributed by atoms with Crippen molar-refractivity contribution in [1.82, 2.24) is 10.2 Å². The van der Waals surface area contributed by atoms with E-state index in [1.807, 2.05) is 49.5 Å². The molecule has 2 atom stereocenters. The highest BCUT2D eigenvalue weighted by atomic mass is 16.6. The first kappa shape index (κ1) is 21.7. The third-order valence-electron chi connectivity index (χ3n) is 5.88. The number of carbonyl (C=O) groups is 2. The lowest BCUT2D eigenvalue weighted by atomic mass is 9.96. The second kappa shape index (κ2) is 10.2. The van der Waals surface area contributed by atoms with E-state index in [4.69, 9.17) is 4.74 Å². The Hall–Kier alpha value is -3.54. The lowest BCUT2D eigenvalue weighted by molar-refractivity contribution is -0.125. The number of ether oxygens (including phenoxy) is 1. The van der Waals surface area contributed by atoms with Crippen molar-refractivity contribution in [2.24, 2.45) is 0 Å². The highest BCUT2D eigenvalue weighted by Gasteiger charge is 2.35. The van der Waals surface area contributed by atoms with E-state index in [0.29, 0.717) is 13.0 Å². The Labute approximate surface area is 189 Å². The molecule has 2 aromatic carbocycles. The van der Waals surface area contributed by atoms with Gasteiger partial charge in [-0.05, 0) is 48.1 Å². The maximum Gasteiger partial charge on any atom is 0.410 e. The van der Waals surface area contributed by atoms with Gasteiger partial charge in [-0.25, -0.2) is 4.79 Å². The molecule has 166 valence electrons. The molecule has 1 aliphatic carbocycles. The normalized spacial score (nSPS) is 19.9. The third-order valence-corrected chi connectivity index (χ3v) is 5.88. The van der Waals surface area contributed by atoms with Crippen LogP contribution in [-0.4, -0.2) is 42.6 Å². The average Bonchev–Trinajstić information content (AvgIpc) is 3.34. The fourth-order valence-corrected chi connectivity index (χ4v) is 4.17. The largest absolute Gasteiger partial charge is 0.445 e. The van der Waals surface area contributed by atoms with Gasteiger partial charge in [0.25, 0.3) is 0 Å². The summed E-state index contributed by atoms with van der Waals surface area (Å²) in [7, 11) is 1.89. The summed E-state index contributed by atoms with van der Waals surface area (Å²) in [4.78, 5) is 27.2. The molecule has 2 aromatic rings. The molecule has 1 aliphatic heterocycles. The standard InChI is InChI=1S/C26H29N3O3/c1-27-22-12-5-10-20(16-22)21-11-6-13-23(17-21)28-25(30)24-14-7-15-29(24)26(31)32-18-19-8-3-2-4-9-19/h2-6,8-12,16-17,23-24,27H,7,13-15,18H2,1H3,(H,28,30)/t23?,24-/m0/s1. The molecule has 0 radical (unpaired) electrons. The number of anilines is 1. The van der Waals surface area contributed by atoms with Gasteiger partial charge < -0.3 is 15.4 Å². The monoisotopic (exact) mass is 431 g/mol. The molecule has 6 nitrogen and oxygen atoms in total. The zero-order valence-corrected chi connectivity index (χ0v) is 18.3. The predicted octanol–water partition coefficient (Wildman–Crippen LogP) is 4.36. The van der Waals surface area contributed by atoms with Gasteiger partial charge in [0.2, 0.25) is 5.91 Å². The highest BCUT2D eigenvalue weighted by molar-refractivity contribution is 5.87. The number of nitrogens with one attached hydrogen (secondary N) is 2. The number of amides is 2. The summed E-state index contributed by atoms with van der Waals surface area (Å²) in [5, 5.41) is 6.27. The van der Waals surface area contributed by atoms with E-state index in [2.05, 4.69) is 41.0 Å². The van der Waals surface area contributed by atoms with E-state index in [1.165, 1.54) is 0 Å². The Morgan fingerprint density at radius 3 is 2.78 bits per heavy atom. The molecule has 1 saturated heterocycles. The van der Waals surface area contributed by atoms with E-state index in [-0.39, 0.29) is 18.6 Å². The summed E-state index contributed by atoms with van der Waals surface area (Å²) in [5.41, 5.74) is 4.14. The number of likely N-dealkylation sites (tertiary alicyclic amines) is 1. The first-order valence-corrected chi connectivity index (χ1v) is 11.1. The quantitative estimate of drug-likeness (QED) is 0.713. The molecule has 0 spiro atoms. The Morgan fingerprint density at radius 2 is 1.97 bits per heavy atom. The minimum atomic E-state index is -0.492. The third kappa shape index (κ3) is 5.19. The molecule has 2 aliphatic rings. The van der Waals surface area contributed by atoms with Crippen LogP contribution in [0.3, 0.4) is 0 Å². The molecule has 4 rings (SSSR count). The van der Waals surface area contributed by atoms with E-state index in [1.54, 1.807) is 4.90 Å². The zero-order valence-electron chi connectivity index (χ0n) is 18.3. The number of rotatable bonds is 6. The SMILES string of the molecule is CNc1cccc(C2=CC(NC(=O)[C@@H]3CCCN3C(=O)OCc3ccccc3)CC=C2)c1. The van der Waals surface area contributed by atoms with Gasteiger partial charge in [-0.1, -0.05) is 60.7 Å². The van der Waals surface area contributed by atoms with Crippen LogP contribution < -0.4 is 10.6 Å². The van der Waals surface area contributed by atoms with Crippen molar-refractivity contribution >= 4 is 23.3 Å². The molecular formula is C26H29N3O3. The second-order valence-corrected chi connectivity index (χ2v) is 8.10. The van der Waals surface area contributed by atoms with Crippen LogP contribution in [0.5, 0.6) is 0 Å². The van der Waals surface area contributed by atoms with Gasteiger partial charge in [0, 0.05) is 19.3 Å². The van der Waals surface area contributed by atoms with E-state index in [9.17, 15) is 9.59 Å². The van der Waals surface area contributed by atoms with Gasteiger partial charge in [0.1, 0.15) is 12.6 Å². The lowest BCUT2D eigenvalue weighted by Gasteiger charge is -2.26. The smallest absolute Gasteiger partial charge is 0.410 e. The molecule has 0 saturated carbocycles. The molecule has 32 heavy (non-hydrogen) atoms. The van der Waals surface area contributed by atoms with Gasteiger partial charge >= 0.3 is 6.09 Å². The van der Waals surface area contributed by atoms with Crippen LogP contribution >= 0.6 is 0 Å². The van der Waals surface area contributed by atoms with Gasteiger partial charge in [0.05, 0.1) is 6.04 Å². The van der Waals surface area contributed by atoms with Crippen LogP contribution in [0.15, 0.2) is 72.8 Å². The van der Waals surface area contributed by atoms with Gasteiger partial charge in [-0.3, -0.25) is 9.69 Å². The fourth-order valence-electron chi connectivity index (χ4n) is 4.17. The number of hydrogen-bond donors (Lipinski definition) is 2. The van der Waals surface area contributed by atoms with Gasteiger partial charge in [-0.2, -0.15) is 0 Å². The minimum absolute atomic E-state index is 0.108. The number of nitrogens with zero attached hydrogens (tertiary/aromatic N) is 1. The van der Waals surface area contributed by atoms with Gasteiger partial charge in [-0.15, -0.1) is 0 Å². The summed E-state index contributed by atoms with van der Waals surface area (Å²) in [5.74, 6) is -0.126. The average molecular weight is 432 g/mol. The van der Waals surface area contributed by atoms with Crippen molar-refractivity contribution in [3.63, 3.8) is 0 Å². The highest BCUT2D eigenvalue weighted by Crippen LogP contribution is 2.25. The fraction of sp³-hybridized carbons (Fsp3) is 0.308. The van der Waals surface area contributed by atoms with Gasteiger partial charge in [0.15, 0.2) is 0 Å². The minimum Gasteiger partial charge on any atom is -0.445 e. The first-order valence-electron chi connectivity index (χ1n) is 11.1. The summed E-state index contributed by atoms with van der Waals surface area (Å²) >= 11 is 0. The molecule has 2 amide bonds. The lowest BCUT2D eigenvalue weighted by Crippen LogP contribution is -2.48. The van der Waals surface area contributed by atoms with Crippen LogP contribution in [0.2, 0.25) is 0 Å². The molecule has 1 unspecified atom stereocenters. The number of carbonyl (C=O) groups excluding carboxylic acids is 2. The molecular weight excluding hydrogens is 402 g/mol. The maximum absolute atomic E-state index is 13.0. The number of benzene rings is 2. The number of allylic oxidation sites excluding steroid dienone is 2. The maximum atomic E-state index is 13.0. The van der Waals surface area contributed by atoms with Crippen LogP contribution in [0.25, 0.3) is 5.57 Å². The Balaban J connectivity index is 1.37. The summed E-state index contributed by atoms with van der Waals surface area (Å²) in [6.45, 7) is 0.740. The molecule has 1 heterocycles. The Morgan fingerprint density at radius 1 is 1.12 bits per heavy atom. The Kier molecular flexibility index (Phi) is 6.90. The topological polar surface area (TPSA) is 70.7 Å². The molecule has 6 heteroatoms. The van der Waals surface area contributed by atoms with Crippen molar-refractivity contribution in [3.05, 3.63) is 84.0 Å². The van der Waals surface area contributed by atoms with E-state index >= 15 is 0 Å². The van der Waals surface area contributed by atoms with E-state index < -0.39 is 12.1 Å². The van der Waals surface area contributed by atoms with Crippen molar-refractivity contribution in [1.29, 1.82) is 0 Å². The van der Waals surface area contributed by atoms with Crippen LogP contribution in [0.1, 0.15) is 30.4 Å². The zero-order chi connectivity index (χ0) is 22.3. The first-order chi connectivity index (χ1) is 15.6. The van der Waals surface area contributed by atoms with Crippen LogP contribution in [-0.2, 0) is 16.1 Å². The summed E-state index contributed by atoms with van der Waals surface area (Å²) in [6.07, 6.45) is 7.98. The Bertz CT molecular complexity index is 1020. The summed E-state index contributed by atoms with van der Waals surface area (Å²) in [6, 6.07) is 17.1. The molecule has 0 aromatic heterocycles. The summed E-state index contributed by atoms with van der Waals surface area (Å²) < 4.78 is 5.46. The second-order valence-electron chi connectivity index (χ2n) is 8.10.